The van der Waals surface area contributed by atoms with Crippen LogP contribution in [0.2, 0.25) is 0 Å². The molecular formula is C19H26O. The molecule has 0 aliphatic rings. The van der Waals surface area contributed by atoms with Gasteiger partial charge in [0.1, 0.15) is 0 Å². The fraction of sp³-hybridized carbons (Fsp3) is 0.368. The Morgan fingerprint density at radius 2 is 1.75 bits per heavy atom. The van der Waals surface area contributed by atoms with Crippen molar-refractivity contribution in [3.63, 3.8) is 0 Å². The summed E-state index contributed by atoms with van der Waals surface area (Å²) in [6.45, 7) is 7.80. The quantitative estimate of drug-likeness (QED) is 0.453. The summed E-state index contributed by atoms with van der Waals surface area (Å²) in [6, 6.07) is 10.3. The van der Waals surface area contributed by atoms with E-state index in [2.05, 4.69) is 57.2 Å². The van der Waals surface area contributed by atoms with Gasteiger partial charge in [0.15, 0.2) is 0 Å². The Bertz CT molecular complexity index is 448. The predicted molar refractivity (Wildman–Crippen MR) is 88.7 cm³/mol. The predicted octanol–water partition coefficient (Wildman–Crippen LogP) is 5.41. The van der Waals surface area contributed by atoms with E-state index in [1.54, 1.807) is 0 Å². The van der Waals surface area contributed by atoms with Gasteiger partial charge in [0.05, 0.1) is 13.2 Å². The van der Waals surface area contributed by atoms with Crippen LogP contribution in [-0.2, 0) is 4.74 Å². The number of ether oxygens (including phenoxy) is 1. The molecule has 0 heterocycles. The Morgan fingerprint density at radius 3 is 2.45 bits per heavy atom. The Kier molecular flexibility index (Phi) is 8.41. The van der Waals surface area contributed by atoms with Gasteiger partial charge in [0.25, 0.3) is 0 Å². The van der Waals surface area contributed by atoms with Crippen LogP contribution in [0.1, 0.15) is 39.2 Å². The van der Waals surface area contributed by atoms with Crippen LogP contribution in [0.25, 0.3) is 6.08 Å². The fourth-order valence-electron chi connectivity index (χ4n) is 1.78. The molecule has 0 aliphatic carbocycles. The van der Waals surface area contributed by atoms with Crippen LogP contribution in [0.4, 0.5) is 0 Å². The van der Waals surface area contributed by atoms with E-state index < -0.39 is 0 Å². The van der Waals surface area contributed by atoms with Crippen LogP contribution in [0.3, 0.4) is 0 Å². The minimum Gasteiger partial charge on any atom is -0.373 e. The van der Waals surface area contributed by atoms with E-state index in [1.165, 1.54) is 16.7 Å². The van der Waals surface area contributed by atoms with Gasteiger partial charge >= 0.3 is 0 Å². The Morgan fingerprint density at radius 1 is 1.00 bits per heavy atom. The highest BCUT2D eigenvalue weighted by Crippen LogP contribution is 2.06. The van der Waals surface area contributed by atoms with Crippen LogP contribution >= 0.6 is 0 Å². The SMILES string of the molecule is CC(C)=CCC/C(C)=C/COC/C=C/c1ccccc1. The highest BCUT2D eigenvalue weighted by molar-refractivity contribution is 5.48. The summed E-state index contributed by atoms with van der Waals surface area (Å²) >= 11 is 0. The van der Waals surface area contributed by atoms with Gasteiger partial charge in [-0.2, -0.15) is 0 Å². The highest BCUT2D eigenvalue weighted by Gasteiger charge is 1.89. The second-order valence-electron chi connectivity index (χ2n) is 5.22. The maximum absolute atomic E-state index is 5.57. The smallest absolute Gasteiger partial charge is 0.0655 e. The molecule has 0 radical (unpaired) electrons. The first-order valence-corrected chi connectivity index (χ1v) is 7.27. The lowest BCUT2D eigenvalue weighted by atomic mass is 10.1. The first-order chi connectivity index (χ1) is 9.68. The summed E-state index contributed by atoms with van der Waals surface area (Å²) in [7, 11) is 0. The van der Waals surface area contributed by atoms with E-state index in [1.807, 2.05) is 18.2 Å². The van der Waals surface area contributed by atoms with Gasteiger partial charge in [0, 0.05) is 0 Å². The summed E-state index contributed by atoms with van der Waals surface area (Å²) < 4.78 is 5.57. The Balaban J connectivity index is 2.15. The molecule has 0 atom stereocenters. The van der Waals surface area contributed by atoms with Gasteiger partial charge in [-0.3, -0.25) is 0 Å². The average Bonchev–Trinajstić information content (AvgIpc) is 2.43. The first kappa shape index (κ1) is 16.5. The van der Waals surface area contributed by atoms with E-state index >= 15 is 0 Å². The molecule has 0 amide bonds. The average molecular weight is 270 g/mol. The zero-order chi connectivity index (χ0) is 14.6. The molecule has 1 rings (SSSR count). The molecule has 1 aromatic rings. The minimum absolute atomic E-state index is 0.659. The van der Waals surface area contributed by atoms with Crippen LogP contribution in [0, 0.1) is 0 Å². The maximum atomic E-state index is 5.57. The van der Waals surface area contributed by atoms with Crippen molar-refractivity contribution in [3.8, 4) is 0 Å². The molecule has 20 heavy (non-hydrogen) atoms. The zero-order valence-electron chi connectivity index (χ0n) is 12.9. The van der Waals surface area contributed by atoms with Crippen molar-refractivity contribution in [1.82, 2.24) is 0 Å². The van der Waals surface area contributed by atoms with E-state index in [-0.39, 0.29) is 0 Å². The topological polar surface area (TPSA) is 9.23 Å². The molecule has 0 spiro atoms. The van der Waals surface area contributed by atoms with Crippen molar-refractivity contribution >= 4 is 6.08 Å². The highest BCUT2D eigenvalue weighted by atomic mass is 16.5. The molecule has 1 heteroatoms. The first-order valence-electron chi connectivity index (χ1n) is 7.27. The number of hydrogen-bond acceptors (Lipinski definition) is 1. The van der Waals surface area contributed by atoms with Crippen molar-refractivity contribution in [2.45, 2.75) is 33.6 Å². The van der Waals surface area contributed by atoms with Crippen molar-refractivity contribution < 1.29 is 4.74 Å². The number of rotatable bonds is 8. The molecule has 0 bridgehead atoms. The second-order valence-corrected chi connectivity index (χ2v) is 5.22. The molecule has 0 fully saturated rings. The van der Waals surface area contributed by atoms with Crippen molar-refractivity contribution in [1.29, 1.82) is 0 Å². The van der Waals surface area contributed by atoms with E-state index in [4.69, 9.17) is 4.74 Å². The summed E-state index contributed by atoms with van der Waals surface area (Å²) in [5, 5.41) is 0. The summed E-state index contributed by atoms with van der Waals surface area (Å²) in [5.74, 6) is 0. The van der Waals surface area contributed by atoms with Gasteiger partial charge in [-0.15, -0.1) is 0 Å². The van der Waals surface area contributed by atoms with Gasteiger partial charge in [0.2, 0.25) is 0 Å². The lowest BCUT2D eigenvalue weighted by Crippen LogP contribution is -1.92. The van der Waals surface area contributed by atoms with Gasteiger partial charge in [-0.25, -0.2) is 0 Å². The molecule has 0 saturated heterocycles. The molecule has 0 N–H and O–H groups in total. The monoisotopic (exact) mass is 270 g/mol. The molecule has 1 nitrogen and oxygen atoms in total. The van der Waals surface area contributed by atoms with Crippen LogP contribution in [-0.4, -0.2) is 13.2 Å². The molecule has 0 aliphatic heterocycles. The molecule has 0 saturated carbocycles. The maximum Gasteiger partial charge on any atom is 0.0655 e. The molecule has 1 aromatic carbocycles. The summed E-state index contributed by atoms with van der Waals surface area (Å²) in [6.07, 6.45) is 10.8. The van der Waals surface area contributed by atoms with Gasteiger partial charge in [-0.1, -0.05) is 65.8 Å². The van der Waals surface area contributed by atoms with Gasteiger partial charge < -0.3 is 4.74 Å². The van der Waals surface area contributed by atoms with Crippen LogP contribution < -0.4 is 0 Å². The molecular weight excluding hydrogens is 244 g/mol. The van der Waals surface area contributed by atoms with E-state index in [0.717, 1.165) is 12.8 Å². The summed E-state index contributed by atoms with van der Waals surface area (Å²) in [5.41, 5.74) is 4.00. The summed E-state index contributed by atoms with van der Waals surface area (Å²) in [4.78, 5) is 0. The van der Waals surface area contributed by atoms with Crippen molar-refractivity contribution in [2.75, 3.05) is 13.2 Å². The van der Waals surface area contributed by atoms with Crippen LogP contribution in [0.15, 0.2) is 59.7 Å². The van der Waals surface area contributed by atoms with Crippen molar-refractivity contribution in [2.24, 2.45) is 0 Å². The standard InChI is InChI=1S/C19H26O/c1-17(2)9-7-10-18(3)14-16-20-15-8-13-19-11-5-4-6-12-19/h4-6,8-9,11-14H,7,10,15-16H2,1-3H3/b13-8+,18-14+. The normalized spacial score (nSPS) is 11.8. The van der Waals surface area contributed by atoms with Gasteiger partial charge in [-0.05, 0) is 39.2 Å². The lowest BCUT2D eigenvalue weighted by Gasteiger charge is -2.00. The number of benzene rings is 1. The number of hydrogen-bond donors (Lipinski definition) is 0. The van der Waals surface area contributed by atoms with Crippen molar-refractivity contribution in [3.05, 3.63) is 65.3 Å². The molecule has 108 valence electrons. The second kappa shape index (κ2) is 10.2. The third-order valence-corrected chi connectivity index (χ3v) is 2.96. The third kappa shape index (κ3) is 8.49. The number of allylic oxidation sites excluding steroid dienone is 3. The third-order valence-electron chi connectivity index (χ3n) is 2.96. The van der Waals surface area contributed by atoms with E-state index in [9.17, 15) is 0 Å². The van der Waals surface area contributed by atoms with Crippen LogP contribution in [0.5, 0.6) is 0 Å². The Hall–Kier alpha value is -1.60. The fourth-order valence-corrected chi connectivity index (χ4v) is 1.78. The molecule has 0 aromatic heterocycles. The van der Waals surface area contributed by atoms with E-state index in [0.29, 0.717) is 13.2 Å². The largest absolute Gasteiger partial charge is 0.373 e. The Labute approximate surface area is 123 Å². The minimum atomic E-state index is 0.659. The zero-order valence-corrected chi connectivity index (χ0v) is 12.9. The lowest BCUT2D eigenvalue weighted by molar-refractivity contribution is 0.194. The molecule has 0 unspecified atom stereocenters.